The predicted molar refractivity (Wildman–Crippen MR) is 61.4 cm³/mol. The first kappa shape index (κ1) is 12.3. The molecule has 0 unspecified atom stereocenters. The van der Waals surface area contributed by atoms with E-state index in [0.717, 1.165) is 24.8 Å². The average Bonchev–Trinajstić information content (AvgIpc) is 2.31. The van der Waals surface area contributed by atoms with Crippen LogP contribution in [0.2, 0.25) is 0 Å². The van der Waals surface area contributed by atoms with Gasteiger partial charge in [0.05, 0.1) is 12.7 Å². The van der Waals surface area contributed by atoms with Gasteiger partial charge in [-0.3, -0.25) is 0 Å². The van der Waals surface area contributed by atoms with Crippen LogP contribution in [0.3, 0.4) is 0 Å². The summed E-state index contributed by atoms with van der Waals surface area (Å²) in [6.45, 7) is 0.641. The summed E-state index contributed by atoms with van der Waals surface area (Å²) in [7, 11) is 1.48. The monoisotopic (exact) mass is 220 g/mol. The van der Waals surface area contributed by atoms with E-state index < -0.39 is 0 Å². The molecule has 1 rings (SSSR count). The topological polar surface area (TPSA) is 79.3 Å². The second-order valence-corrected chi connectivity index (χ2v) is 3.54. The number of phenolic OH excluding ortho intramolecular Hbond substituents is 1. The Bertz CT molecular complexity index is 397. The van der Waals surface area contributed by atoms with Gasteiger partial charge in [-0.25, -0.2) is 0 Å². The summed E-state index contributed by atoms with van der Waals surface area (Å²) in [5.41, 5.74) is 6.61. The van der Waals surface area contributed by atoms with Gasteiger partial charge in [0.15, 0.2) is 0 Å². The van der Waals surface area contributed by atoms with E-state index in [2.05, 4.69) is 0 Å². The number of aromatic hydroxyl groups is 1. The van der Waals surface area contributed by atoms with E-state index in [9.17, 15) is 5.11 Å². The Hall–Kier alpha value is -1.73. The number of nitrogens with two attached hydrogens (primary N) is 1. The highest BCUT2D eigenvalue weighted by Gasteiger charge is 2.09. The fourth-order valence-corrected chi connectivity index (χ4v) is 1.53. The summed E-state index contributed by atoms with van der Waals surface area (Å²) in [5, 5.41) is 18.6. The standard InChI is InChI=1S/C12H16N2O2/c1-16-12-7-11(15)9(4-2-3-5-13)6-10(12)8-14/h6-7,15H,2-5,13H2,1H3. The number of unbranched alkanes of at least 4 members (excludes halogenated alkanes) is 1. The highest BCUT2D eigenvalue weighted by molar-refractivity contribution is 5.51. The molecule has 1 aromatic rings. The Morgan fingerprint density at radius 2 is 2.19 bits per heavy atom. The van der Waals surface area contributed by atoms with Crippen molar-refractivity contribution in [3.63, 3.8) is 0 Å². The van der Waals surface area contributed by atoms with Gasteiger partial charge in [0, 0.05) is 6.07 Å². The van der Waals surface area contributed by atoms with E-state index in [4.69, 9.17) is 15.7 Å². The van der Waals surface area contributed by atoms with E-state index in [0.29, 0.717) is 17.9 Å². The van der Waals surface area contributed by atoms with Gasteiger partial charge in [-0.1, -0.05) is 0 Å². The molecule has 0 aromatic heterocycles. The lowest BCUT2D eigenvalue weighted by atomic mass is 10.0. The third-order valence-corrected chi connectivity index (χ3v) is 2.42. The highest BCUT2D eigenvalue weighted by atomic mass is 16.5. The van der Waals surface area contributed by atoms with Crippen LogP contribution in [0, 0.1) is 11.3 Å². The number of phenols is 1. The number of methoxy groups -OCH3 is 1. The summed E-state index contributed by atoms with van der Waals surface area (Å²) < 4.78 is 5.00. The molecule has 0 aliphatic rings. The fraction of sp³-hybridized carbons (Fsp3) is 0.417. The average molecular weight is 220 g/mol. The SMILES string of the molecule is COc1cc(O)c(CCCCN)cc1C#N. The zero-order valence-electron chi connectivity index (χ0n) is 9.36. The van der Waals surface area contributed by atoms with Crippen molar-refractivity contribution in [3.05, 3.63) is 23.3 Å². The van der Waals surface area contributed by atoms with Gasteiger partial charge in [-0.05, 0) is 37.4 Å². The summed E-state index contributed by atoms with van der Waals surface area (Å²) in [5.74, 6) is 0.579. The number of nitriles is 1. The van der Waals surface area contributed by atoms with Gasteiger partial charge in [0.1, 0.15) is 17.6 Å². The van der Waals surface area contributed by atoms with E-state index in [1.807, 2.05) is 6.07 Å². The molecule has 0 saturated heterocycles. The zero-order chi connectivity index (χ0) is 12.0. The molecule has 0 bridgehead atoms. The first-order chi connectivity index (χ1) is 7.72. The van der Waals surface area contributed by atoms with Crippen LogP contribution in [0.15, 0.2) is 12.1 Å². The maximum atomic E-state index is 9.72. The second-order valence-electron chi connectivity index (χ2n) is 3.54. The van der Waals surface area contributed by atoms with Gasteiger partial charge in [-0.15, -0.1) is 0 Å². The van der Waals surface area contributed by atoms with Crippen LogP contribution in [-0.4, -0.2) is 18.8 Å². The van der Waals surface area contributed by atoms with E-state index in [1.165, 1.54) is 13.2 Å². The summed E-state index contributed by atoms with van der Waals surface area (Å²) in [6.07, 6.45) is 2.54. The second kappa shape index (κ2) is 5.99. The van der Waals surface area contributed by atoms with Crippen LogP contribution >= 0.6 is 0 Å². The fourth-order valence-electron chi connectivity index (χ4n) is 1.53. The first-order valence-corrected chi connectivity index (χ1v) is 5.23. The molecule has 0 spiro atoms. The molecule has 0 aliphatic carbocycles. The largest absolute Gasteiger partial charge is 0.508 e. The summed E-state index contributed by atoms with van der Waals surface area (Å²) >= 11 is 0. The van der Waals surface area contributed by atoms with Crippen molar-refractivity contribution >= 4 is 0 Å². The van der Waals surface area contributed by atoms with Gasteiger partial charge in [-0.2, -0.15) is 5.26 Å². The van der Waals surface area contributed by atoms with Crippen molar-refractivity contribution in [2.45, 2.75) is 19.3 Å². The molecule has 1 aromatic carbocycles. The molecule has 16 heavy (non-hydrogen) atoms. The predicted octanol–water partition coefficient (Wildman–Crippen LogP) is 1.55. The summed E-state index contributed by atoms with van der Waals surface area (Å²) in [6, 6.07) is 5.20. The van der Waals surface area contributed by atoms with Crippen LogP contribution in [0.5, 0.6) is 11.5 Å². The molecule has 0 aliphatic heterocycles. The minimum Gasteiger partial charge on any atom is -0.508 e. The molecule has 86 valence electrons. The number of rotatable bonds is 5. The van der Waals surface area contributed by atoms with Crippen molar-refractivity contribution < 1.29 is 9.84 Å². The minimum atomic E-state index is 0.174. The Morgan fingerprint density at radius 1 is 1.44 bits per heavy atom. The van der Waals surface area contributed by atoms with E-state index >= 15 is 0 Å². The Labute approximate surface area is 95.3 Å². The van der Waals surface area contributed by atoms with Crippen LogP contribution in [0.4, 0.5) is 0 Å². The lowest BCUT2D eigenvalue weighted by molar-refractivity contribution is 0.405. The molecule has 0 atom stereocenters. The van der Waals surface area contributed by atoms with Crippen LogP contribution in [0.1, 0.15) is 24.0 Å². The van der Waals surface area contributed by atoms with Crippen molar-refractivity contribution in [2.75, 3.05) is 13.7 Å². The van der Waals surface area contributed by atoms with Crippen LogP contribution in [-0.2, 0) is 6.42 Å². The van der Waals surface area contributed by atoms with Crippen molar-refractivity contribution in [3.8, 4) is 17.6 Å². The third-order valence-electron chi connectivity index (χ3n) is 2.42. The van der Waals surface area contributed by atoms with E-state index in [-0.39, 0.29) is 5.75 Å². The molecule has 4 nitrogen and oxygen atoms in total. The van der Waals surface area contributed by atoms with Crippen molar-refractivity contribution in [2.24, 2.45) is 5.73 Å². The number of hydrogen-bond donors (Lipinski definition) is 2. The van der Waals surface area contributed by atoms with Crippen LogP contribution < -0.4 is 10.5 Å². The third kappa shape index (κ3) is 2.88. The Morgan fingerprint density at radius 3 is 2.75 bits per heavy atom. The minimum absolute atomic E-state index is 0.174. The lowest BCUT2D eigenvalue weighted by Crippen LogP contribution is -1.99. The molecular weight excluding hydrogens is 204 g/mol. The number of benzene rings is 1. The molecular formula is C12H16N2O2. The molecule has 0 saturated carbocycles. The molecule has 3 N–H and O–H groups in total. The summed E-state index contributed by atoms with van der Waals surface area (Å²) in [4.78, 5) is 0. The normalized spacial score (nSPS) is 9.81. The Balaban J connectivity index is 2.89. The van der Waals surface area contributed by atoms with Gasteiger partial charge in [0.2, 0.25) is 0 Å². The molecule has 0 fully saturated rings. The first-order valence-electron chi connectivity index (χ1n) is 5.23. The highest BCUT2D eigenvalue weighted by Crippen LogP contribution is 2.28. The quantitative estimate of drug-likeness (QED) is 0.738. The zero-order valence-corrected chi connectivity index (χ0v) is 9.36. The van der Waals surface area contributed by atoms with Crippen LogP contribution in [0.25, 0.3) is 0 Å². The number of ether oxygens (including phenoxy) is 1. The van der Waals surface area contributed by atoms with E-state index in [1.54, 1.807) is 6.07 Å². The molecule has 4 heteroatoms. The molecule has 0 heterocycles. The molecule has 0 amide bonds. The Kier molecular flexibility index (Phi) is 4.62. The maximum absolute atomic E-state index is 9.72. The van der Waals surface area contributed by atoms with Gasteiger partial charge >= 0.3 is 0 Å². The van der Waals surface area contributed by atoms with Gasteiger partial charge in [0.25, 0.3) is 0 Å². The van der Waals surface area contributed by atoms with Crippen molar-refractivity contribution in [1.29, 1.82) is 5.26 Å². The molecule has 0 radical (unpaired) electrons. The number of nitrogens with zero attached hydrogens (tertiary/aromatic N) is 1. The van der Waals surface area contributed by atoms with Crippen molar-refractivity contribution in [1.82, 2.24) is 0 Å². The maximum Gasteiger partial charge on any atom is 0.140 e. The van der Waals surface area contributed by atoms with Gasteiger partial charge < -0.3 is 15.6 Å². The lowest BCUT2D eigenvalue weighted by Gasteiger charge is -2.08. The smallest absolute Gasteiger partial charge is 0.140 e. The number of aryl methyl sites for hydroxylation is 1. The number of hydrogen-bond acceptors (Lipinski definition) is 4.